The fraction of sp³-hybridized carbons (Fsp3) is 0.417. The summed E-state index contributed by atoms with van der Waals surface area (Å²) in [6.45, 7) is 1.85. The normalized spacial score (nSPS) is 16.7. The van der Waals surface area contributed by atoms with Crippen LogP contribution in [-0.4, -0.2) is 26.8 Å². The number of benzene rings is 1. The molecule has 1 aromatic carbocycles. The molecule has 2 aromatic heterocycles. The topological polar surface area (TPSA) is 108 Å². The van der Waals surface area contributed by atoms with Gasteiger partial charge in [0.2, 0.25) is 0 Å². The maximum absolute atomic E-state index is 12.3. The van der Waals surface area contributed by atoms with Crippen LogP contribution in [0.1, 0.15) is 61.1 Å². The Morgan fingerprint density at radius 3 is 2.23 bits per heavy atom. The molecule has 2 heterocycles. The third kappa shape index (κ3) is 4.65. The van der Waals surface area contributed by atoms with Gasteiger partial charge in [-0.2, -0.15) is 0 Å². The number of nitrogens with two attached hydrogens (primary N) is 2. The number of nitrogens with zero attached hydrogens (tertiary/aromatic N) is 3. The van der Waals surface area contributed by atoms with Gasteiger partial charge in [0.15, 0.2) is 5.78 Å². The average molecular weight is 404 g/mol. The van der Waals surface area contributed by atoms with Crippen LogP contribution in [0.2, 0.25) is 0 Å². The molecule has 156 valence electrons. The summed E-state index contributed by atoms with van der Waals surface area (Å²) in [6.07, 6.45) is 13.7. The molecule has 30 heavy (non-hydrogen) atoms. The number of anilines is 1. The summed E-state index contributed by atoms with van der Waals surface area (Å²) >= 11 is 0. The Kier molecular flexibility index (Phi) is 6.04. The summed E-state index contributed by atoms with van der Waals surface area (Å²) in [7, 11) is 0. The number of hydrogen-bond acceptors (Lipinski definition) is 6. The summed E-state index contributed by atoms with van der Waals surface area (Å²) in [5.74, 6) is 0.972. The predicted octanol–water partition coefficient (Wildman–Crippen LogP) is 4.45. The second-order valence-corrected chi connectivity index (χ2v) is 8.37. The molecule has 2 fully saturated rings. The van der Waals surface area contributed by atoms with Gasteiger partial charge in [0, 0.05) is 41.5 Å². The number of ketones is 1. The lowest BCUT2D eigenvalue weighted by molar-refractivity contribution is 0.0968. The van der Waals surface area contributed by atoms with Crippen molar-refractivity contribution in [3.05, 3.63) is 48.2 Å². The molecule has 0 saturated heterocycles. The summed E-state index contributed by atoms with van der Waals surface area (Å²) in [6, 6.07) is 6.36. The zero-order valence-corrected chi connectivity index (χ0v) is 17.5. The highest BCUT2D eigenvalue weighted by Gasteiger charge is 2.32. The number of carbonyl (C=O) groups excluding carboxylic acids is 1. The largest absolute Gasteiger partial charge is 0.398 e. The number of Topliss-reactive ketones (excluding diaryl/α,β-unsaturated/α-hetero) is 1. The van der Waals surface area contributed by atoms with E-state index in [0.717, 1.165) is 40.7 Å². The van der Waals surface area contributed by atoms with E-state index in [-0.39, 0.29) is 11.7 Å². The van der Waals surface area contributed by atoms with E-state index in [9.17, 15) is 4.79 Å². The Hall–Kier alpha value is -2.86. The molecule has 3 aromatic rings. The second kappa shape index (κ2) is 8.88. The van der Waals surface area contributed by atoms with E-state index in [1.807, 2.05) is 25.1 Å². The van der Waals surface area contributed by atoms with Gasteiger partial charge in [0.1, 0.15) is 5.82 Å². The second-order valence-electron chi connectivity index (χ2n) is 8.37. The molecule has 0 unspecified atom stereocenters. The van der Waals surface area contributed by atoms with Crippen LogP contribution in [0.3, 0.4) is 0 Å². The van der Waals surface area contributed by atoms with E-state index < -0.39 is 0 Å². The molecule has 0 amide bonds. The molecule has 5 rings (SSSR count). The standard InChI is InChI=1S/C18H16N4O.C6H13N/c1-10-20-7-13(8-21-10)12-4-5-16-14(6-12)17(19)15(9-22-16)18(23)11-2-3-11;7-6-4-2-1-3-5-6/h4-9,11H,2-3H2,1H3,(H2,19,22);6H,1-5,7H2. The fourth-order valence-electron chi connectivity index (χ4n) is 3.83. The highest BCUT2D eigenvalue weighted by molar-refractivity contribution is 6.09. The van der Waals surface area contributed by atoms with Crippen LogP contribution in [-0.2, 0) is 0 Å². The highest BCUT2D eigenvalue weighted by atomic mass is 16.1. The van der Waals surface area contributed by atoms with E-state index in [2.05, 4.69) is 15.0 Å². The Morgan fingerprint density at radius 2 is 1.63 bits per heavy atom. The van der Waals surface area contributed by atoms with Crippen LogP contribution in [0.15, 0.2) is 36.8 Å². The van der Waals surface area contributed by atoms with E-state index in [0.29, 0.717) is 17.3 Å². The molecular formula is C24H29N5O. The predicted molar refractivity (Wildman–Crippen MR) is 120 cm³/mol. The van der Waals surface area contributed by atoms with Gasteiger partial charge in [-0.15, -0.1) is 0 Å². The number of nitrogen functional groups attached to an aromatic ring is 1. The van der Waals surface area contributed by atoms with Crippen molar-refractivity contribution in [1.82, 2.24) is 15.0 Å². The molecule has 6 heteroatoms. The Bertz CT molecular complexity index is 1040. The van der Waals surface area contributed by atoms with Gasteiger partial charge in [-0.1, -0.05) is 25.3 Å². The number of carbonyl (C=O) groups is 1. The number of aryl methyl sites for hydroxylation is 1. The first kappa shape index (κ1) is 20.4. The van der Waals surface area contributed by atoms with Crippen LogP contribution in [0.4, 0.5) is 5.69 Å². The molecule has 2 saturated carbocycles. The molecule has 6 nitrogen and oxygen atoms in total. The molecule has 0 atom stereocenters. The zero-order chi connectivity index (χ0) is 21.1. The van der Waals surface area contributed by atoms with Crippen molar-refractivity contribution in [3.8, 4) is 11.1 Å². The molecule has 0 radical (unpaired) electrons. The molecule has 2 aliphatic rings. The number of pyridine rings is 1. The quantitative estimate of drug-likeness (QED) is 0.625. The smallest absolute Gasteiger partial charge is 0.169 e. The van der Waals surface area contributed by atoms with Crippen LogP contribution in [0.5, 0.6) is 0 Å². The molecule has 0 aliphatic heterocycles. The van der Waals surface area contributed by atoms with Gasteiger partial charge in [-0.3, -0.25) is 9.78 Å². The van der Waals surface area contributed by atoms with E-state index in [1.165, 1.54) is 32.1 Å². The van der Waals surface area contributed by atoms with Crippen LogP contribution in [0.25, 0.3) is 22.0 Å². The van der Waals surface area contributed by atoms with Crippen molar-refractivity contribution in [2.24, 2.45) is 11.7 Å². The molecule has 4 N–H and O–H groups in total. The van der Waals surface area contributed by atoms with E-state index >= 15 is 0 Å². The van der Waals surface area contributed by atoms with Crippen molar-refractivity contribution < 1.29 is 4.79 Å². The van der Waals surface area contributed by atoms with Crippen LogP contribution in [0, 0.1) is 12.8 Å². The third-order valence-corrected chi connectivity index (χ3v) is 5.89. The lowest BCUT2D eigenvalue weighted by Crippen LogP contribution is -2.22. The number of fused-ring (bicyclic) bond motifs is 1. The molecule has 2 aliphatic carbocycles. The van der Waals surface area contributed by atoms with Crippen LogP contribution >= 0.6 is 0 Å². The van der Waals surface area contributed by atoms with Gasteiger partial charge in [-0.25, -0.2) is 9.97 Å². The summed E-state index contributed by atoms with van der Waals surface area (Å²) in [4.78, 5) is 25.2. The molecular weight excluding hydrogens is 374 g/mol. The average Bonchev–Trinajstić information content (AvgIpc) is 3.61. The first-order valence-electron chi connectivity index (χ1n) is 10.8. The Balaban J connectivity index is 0.000000265. The third-order valence-electron chi connectivity index (χ3n) is 5.89. The minimum absolute atomic E-state index is 0.112. The lowest BCUT2D eigenvalue weighted by Gasteiger charge is -2.15. The Labute approximate surface area is 177 Å². The van der Waals surface area contributed by atoms with Crippen molar-refractivity contribution in [3.63, 3.8) is 0 Å². The number of aromatic nitrogens is 3. The van der Waals surface area contributed by atoms with Crippen LogP contribution < -0.4 is 11.5 Å². The molecule has 0 spiro atoms. The van der Waals surface area contributed by atoms with Crippen molar-refractivity contribution in [2.75, 3.05) is 5.73 Å². The zero-order valence-electron chi connectivity index (χ0n) is 17.5. The maximum atomic E-state index is 12.3. The monoisotopic (exact) mass is 403 g/mol. The molecule has 0 bridgehead atoms. The van der Waals surface area contributed by atoms with Crippen molar-refractivity contribution in [2.45, 2.75) is 57.9 Å². The maximum Gasteiger partial charge on any atom is 0.169 e. The van der Waals surface area contributed by atoms with Crippen molar-refractivity contribution in [1.29, 1.82) is 0 Å². The number of rotatable bonds is 3. The minimum atomic E-state index is 0.112. The lowest BCUT2D eigenvalue weighted by atomic mass is 9.97. The minimum Gasteiger partial charge on any atom is -0.398 e. The van der Waals surface area contributed by atoms with Gasteiger partial charge in [-0.05, 0) is 50.3 Å². The first-order valence-corrected chi connectivity index (χ1v) is 10.8. The summed E-state index contributed by atoms with van der Waals surface area (Å²) in [5, 5.41) is 0.801. The SMILES string of the molecule is Cc1ncc(-c2ccc3ncc(C(=O)C4CC4)c(N)c3c2)cn1.NC1CCCCC1. The highest BCUT2D eigenvalue weighted by Crippen LogP contribution is 2.36. The number of hydrogen-bond donors (Lipinski definition) is 2. The summed E-state index contributed by atoms with van der Waals surface area (Å²) < 4.78 is 0. The van der Waals surface area contributed by atoms with E-state index in [1.54, 1.807) is 18.6 Å². The van der Waals surface area contributed by atoms with Gasteiger partial charge in [0.25, 0.3) is 0 Å². The van der Waals surface area contributed by atoms with Crippen molar-refractivity contribution >= 4 is 22.4 Å². The first-order chi connectivity index (χ1) is 14.5. The van der Waals surface area contributed by atoms with E-state index in [4.69, 9.17) is 11.5 Å². The summed E-state index contributed by atoms with van der Waals surface area (Å²) in [5.41, 5.74) is 15.6. The van der Waals surface area contributed by atoms with Gasteiger partial charge >= 0.3 is 0 Å². The fourth-order valence-corrected chi connectivity index (χ4v) is 3.83. The van der Waals surface area contributed by atoms with Gasteiger partial charge < -0.3 is 11.5 Å². The van der Waals surface area contributed by atoms with Gasteiger partial charge in [0.05, 0.1) is 16.8 Å². The Morgan fingerprint density at radius 1 is 0.933 bits per heavy atom.